The highest BCUT2D eigenvalue weighted by Gasteiger charge is 2.40. The van der Waals surface area contributed by atoms with E-state index in [2.05, 4.69) is 187 Å². The van der Waals surface area contributed by atoms with Gasteiger partial charge in [0.15, 0.2) is 5.82 Å². The molecule has 0 saturated heterocycles. The van der Waals surface area contributed by atoms with Gasteiger partial charge in [0.2, 0.25) is 0 Å². The number of aromatic nitrogens is 5. The van der Waals surface area contributed by atoms with E-state index < -0.39 is 0 Å². The molecule has 0 aliphatic heterocycles. The molecule has 5 nitrogen and oxygen atoms in total. The molecule has 7 aromatic carbocycles. The highest BCUT2D eigenvalue weighted by atomic mass is 15.1. The largest absolute Gasteiger partial charge is 0.309 e. The van der Waals surface area contributed by atoms with Gasteiger partial charge in [-0.25, -0.2) is 15.0 Å². The number of fused-ring (bicyclic) bond motifs is 7. The molecule has 1 aliphatic carbocycles. The Morgan fingerprint density at radius 2 is 1.04 bits per heavy atom. The van der Waals surface area contributed by atoms with Crippen molar-refractivity contribution in [2.45, 2.75) is 19.3 Å². The molecule has 55 heavy (non-hydrogen) atoms. The number of nitrogens with zero attached hydrogens (tertiary/aromatic N) is 5. The molecule has 0 saturated carbocycles. The Balaban J connectivity index is 1.09. The average Bonchev–Trinajstić information content (AvgIpc) is 3.87. The molecule has 5 heteroatoms. The van der Waals surface area contributed by atoms with Crippen molar-refractivity contribution in [2.24, 2.45) is 0 Å². The average molecular weight is 706 g/mol. The lowest BCUT2D eigenvalue weighted by molar-refractivity contribution is 0.658. The van der Waals surface area contributed by atoms with E-state index in [0.717, 1.165) is 61.9 Å². The van der Waals surface area contributed by atoms with E-state index in [1.807, 2.05) is 12.1 Å². The maximum Gasteiger partial charge on any atom is 0.160 e. The predicted octanol–water partition coefficient (Wildman–Crippen LogP) is 12.2. The highest BCUT2D eigenvalue weighted by Crippen LogP contribution is 2.51. The van der Waals surface area contributed by atoms with Crippen LogP contribution in [-0.4, -0.2) is 24.1 Å². The van der Waals surface area contributed by atoms with Gasteiger partial charge in [0.05, 0.1) is 33.5 Å². The van der Waals surface area contributed by atoms with Gasteiger partial charge in [-0.3, -0.25) is 4.57 Å². The first-order chi connectivity index (χ1) is 27.0. The van der Waals surface area contributed by atoms with Crippen LogP contribution < -0.4 is 0 Å². The Bertz CT molecular complexity index is 3060. The molecule has 0 spiro atoms. The van der Waals surface area contributed by atoms with Gasteiger partial charge in [-0.05, 0) is 54.1 Å². The van der Waals surface area contributed by atoms with Crippen molar-refractivity contribution >= 4 is 32.8 Å². The summed E-state index contributed by atoms with van der Waals surface area (Å²) in [6, 6.07) is 62.1. The maximum atomic E-state index is 5.47. The number of hydrogen-bond acceptors (Lipinski definition) is 3. The molecule has 0 atom stereocenters. The Kier molecular flexibility index (Phi) is 6.83. The second-order valence-electron chi connectivity index (χ2n) is 14.9. The fourth-order valence-corrected chi connectivity index (χ4v) is 8.77. The van der Waals surface area contributed by atoms with E-state index in [4.69, 9.17) is 15.0 Å². The highest BCUT2D eigenvalue weighted by molar-refractivity contribution is 6.09. The summed E-state index contributed by atoms with van der Waals surface area (Å²) in [5.74, 6) is 1.61. The van der Waals surface area contributed by atoms with Crippen molar-refractivity contribution in [3.05, 3.63) is 187 Å². The number of rotatable bonds is 5. The van der Waals surface area contributed by atoms with Gasteiger partial charge >= 0.3 is 0 Å². The van der Waals surface area contributed by atoms with Gasteiger partial charge in [-0.2, -0.15) is 0 Å². The molecule has 3 heterocycles. The minimum absolute atomic E-state index is 0.287. The quantitative estimate of drug-likeness (QED) is 0.179. The van der Waals surface area contributed by atoms with Crippen molar-refractivity contribution in [3.8, 4) is 56.7 Å². The summed E-state index contributed by atoms with van der Waals surface area (Å²) >= 11 is 0. The Morgan fingerprint density at radius 1 is 0.436 bits per heavy atom. The van der Waals surface area contributed by atoms with E-state index in [9.17, 15) is 0 Å². The minimum atomic E-state index is -0.287. The Morgan fingerprint density at radius 3 is 1.80 bits per heavy atom. The van der Waals surface area contributed by atoms with Gasteiger partial charge in [0, 0.05) is 55.4 Å². The lowest BCUT2D eigenvalue weighted by Crippen LogP contribution is -2.17. The summed E-state index contributed by atoms with van der Waals surface area (Å²) < 4.78 is 4.59. The van der Waals surface area contributed by atoms with Crippen LogP contribution in [0.15, 0.2) is 176 Å². The molecule has 0 radical (unpaired) electrons. The van der Waals surface area contributed by atoms with Crippen LogP contribution >= 0.6 is 0 Å². The van der Waals surface area contributed by atoms with Crippen molar-refractivity contribution in [1.82, 2.24) is 24.1 Å². The number of imidazole rings is 1. The molecular weight excluding hydrogens is 671 g/mol. The third-order valence-electron chi connectivity index (χ3n) is 11.3. The van der Waals surface area contributed by atoms with Crippen molar-refractivity contribution < 1.29 is 0 Å². The van der Waals surface area contributed by atoms with Crippen LogP contribution in [-0.2, 0) is 5.41 Å². The SMILES string of the molecule is CC1(C)c2ccccc2-c2nc(-c3cccc(-n4c5ccccc5c5ccccc54)c3)nc(-c3ccc(-c4nc5ccccc5n4-c4ccccc4)cc3)c21. The topological polar surface area (TPSA) is 48.5 Å². The normalized spacial score (nSPS) is 13.1. The van der Waals surface area contributed by atoms with Crippen LogP contribution in [0.4, 0.5) is 0 Å². The Hall–Kier alpha value is -7.11. The molecule has 0 amide bonds. The second-order valence-corrected chi connectivity index (χ2v) is 14.9. The number of para-hydroxylation sites is 5. The van der Waals surface area contributed by atoms with E-state index in [-0.39, 0.29) is 5.41 Å². The van der Waals surface area contributed by atoms with E-state index in [1.165, 1.54) is 32.9 Å². The first-order valence-electron chi connectivity index (χ1n) is 18.8. The fraction of sp³-hybridized carbons (Fsp3) is 0.0600. The third kappa shape index (κ3) is 4.76. The van der Waals surface area contributed by atoms with Crippen LogP contribution in [0.2, 0.25) is 0 Å². The summed E-state index contributed by atoms with van der Waals surface area (Å²) in [7, 11) is 0. The zero-order chi connectivity index (χ0) is 36.7. The van der Waals surface area contributed by atoms with Crippen LogP contribution in [0, 0.1) is 0 Å². The van der Waals surface area contributed by atoms with E-state index in [1.54, 1.807) is 0 Å². The maximum absolute atomic E-state index is 5.47. The second kappa shape index (κ2) is 12.0. The zero-order valence-corrected chi connectivity index (χ0v) is 30.5. The lowest BCUT2D eigenvalue weighted by Gasteiger charge is -2.24. The molecule has 3 aromatic heterocycles. The van der Waals surface area contributed by atoms with Crippen molar-refractivity contribution in [3.63, 3.8) is 0 Å². The summed E-state index contributed by atoms with van der Waals surface area (Å²) in [6.07, 6.45) is 0. The van der Waals surface area contributed by atoms with Crippen molar-refractivity contribution in [2.75, 3.05) is 0 Å². The molecule has 10 aromatic rings. The van der Waals surface area contributed by atoms with Crippen LogP contribution in [0.25, 0.3) is 89.5 Å². The standard InChI is InChI=1S/C50H35N5/c1-50(2)40-22-9-6-21-39(40)47-45(50)46(32-27-29-33(30-28-32)49-51-41-23-10-13-26-44(41)55(49)35-16-4-3-5-17-35)52-48(53-47)34-15-14-18-36(31-34)54-42-24-11-7-19-37(42)38-20-8-12-25-43(38)54/h3-31H,1-2H3. The zero-order valence-electron chi connectivity index (χ0n) is 30.5. The predicted molar refractivity (Wildman–Crippen MR) is 225 cm³/mol. The molecule has 11 rings (SSSR count). The molecule has 0 bridgehead atoms. The third-order valence-corrected chi connectivity index (χ3v) is 11.3. The number of hydrogen-bond donors (Lipinski definition) is 0. The van der Waals surface area contributed by atoms with Crippen molar-refractivity contribution in [1.29, 1.82) is 0 Å². The molecule has 0 unspecified atom stereocenters. The summed E-state index contributed by atoms with van der Waals surface area (Å²) in [6.45, 7) is 4.59. The number of benzene rings is 7. The van der Waals surface area contributed by atoms with Gasteiger partial charge in [0.25, 0.3) is 0 Å². The summed E-state index contributed by atoms with van der Waals surface area (Å²) in [5, 5.41) is 2.47. The fourth-order valence-electron chi connectivity index (χ4n) is 8.77. The van der Waals surface area contributed by atoms with E-state index in [0.29, 0.717) is 5.82 Å². The molecule has 1 aliphatic rings. The van der Waals surface area contributed by atoms with Crippen LogP contribution in [0.3, 0.4) is 0 Å². The van der Waals surface area contributed by atoms with Gasteiger partial charge in [-0.1, -0.05) is 141 Å². The molecule has 0 fully saturated rings. The lowest BCUT2D eigenvalue weighted by atomic mass is 9.80. The smallest absolute Gasteiger partial charge is 0.160 e. The van der Waals surface area contributed by atoms with E-state index >= 15 is 0 Å². The molecule has 260 valence electrons. The minimum Gasteiger partial charge on any atom is -0.309 e. The first kappa shape index (κ1) is 31.4. The monoisotopic (exact) mass is 705 g/mol. The molecule has 0 N–H and O–H groups in total. The van der Waals surface area contributed by atoms with Gasteiger partial charge < -0.3 is 4.57 Å². The summed E-state index contributed by atoms with van der Waals surface area (Å²) in [5.41, 5.74) is 14.9. The molecular formula is C50H35N5. The van der Waals surface area contributed by atoms with Gasteiger partial charge in [-0.15, -0.1) is 0 Å². The summed E-state index contributed by atoms with van der Waals surface area (Å²) in [4.78, 5) is 16.0. The van der Waals surface area contributed by atoms with Crippen LogP contribution in [0.5, 0.6) is 0 Å². The first-order valence-corrected chi connectivity index (χ1v) is 18.8. The Labute approximate surface area is 318 Å². The van der Waals surface area contributed by atoms with Gasteiger partial charge in [0.1, 0.15) is 5.82 Å². The van der Waals surface area contributed by atoms with Crippen LogP contribution in [0.1, 0.15) is 25.0 Å².